The molecule has 15 heavy (non-hydrogen) atoms. The highest BCUT2D eigenvalue weighted by atomic mass is 127. The minimum atomic E-state index is 0.223. The van der Waals surface area contributed by atoms with E-state index in [-0.39, 0.29) is 5.60 Å². The smallest absolute Gasteiger partial charge is 0.123 e. The van der Waals surface area contributed by atoms with Crippen LogP contribution < -0.4 is 0 Å². The van der Waals surface area contributed by atoms with E-state index in [1.807, 2.05) is 0 Å². The summed E-state index contributed by atoms with van der Waals surface area (Å²) in [6.45, 7) is 0.904. The average molecular weight is 318 g/mol. The Hall–Kier alpha value is -0.100. The van der Waals surface area contributed by atoms with E-state index < -0.39 is 0 Å². The first-order chi connectivity index (χ1) is 7.27. The molecular formula is C11H15IN2O. The number of rotatable bonds is 1. The lowest BCUT2D eigenvalue weighted by atomic mass is 9.74. The minimum absolute atomic E-state index is 0.223. The molecule has 4 heteroatoms. The number of aromatic nitrogens is 2. The van der Waals surface area contributed by atoms with Crippen LogP contribution in [0.15, 0.2) is 12.3 Å². The quantitative estimate of drug-likeness (QED) is 0.745. The van der Waals surface area contributed by atoms with Crippen LogP contribution in [0.25, 0.3) is 0 Å². The average Bonchev–Trinajstić information content (AvgIpc) is 2.63. The van der Waals surface area contributed by atoms with Gasteiger partial charge in [0.1, 0.15) is 3.70 Å². The molecule has 0 bridgehead atoms. The van der Waals surface area contributed by atoms with E-state index in [4.69, 9.17) is 4.74 Å². The van der Waals surface area contributed by atoms with Crippen molar-refractivity contribution in [1.29, 1.82) is 0 Å². The Kier molecular flexibility index (Phi) is 2.51. The number of hydrogen-bond donors (Lipinski definition) is 0. The van der Waals surface area contributed by atoms with Crippen LogP contribution in [0.2, 0.25) is 0 Å². The van der Waals surface area contributed by atoms with Crippen molar-refractivity contribution in [3.05, 3.63) is 16.0 Å². The Bertz CT molecular complexity index is 359. The zero-order valence-corrected chi connectivity index (χ0v) is 10.8. The first-order valence-electron chi connectivity index (χ1n) is 5.62. The molecule has 1 saturated carbocycles. The van der Waals surface area contributed by atoms with E-state index in [9.17, 15) is 0 Å². The van der Waals surface area contributed by atoms with E-state index in [1.165, 1.54) is 19.3 Å². The molecule has 0 aromatic carbocycles. The third-order valence-electron chi connectivity index (χ3n) is 3.68. The van der Waals surface area contributed by atoms with Crippen LogP contribution >= 0.6 is 22.6 Å². The van der Waals surface area contributed by atoms with Gasteiger partial charge in [0.25, 0.3) is 0 Å². The van der Waals surface area contributed by atoms with Crippen LogP contribution in [0.5, 0.6) is 0 Å². The van der Waals surface area contributed by atoms with Crippen LogP contribution in [0.1, 0.15) is 38.1 Å². The maximum atomic E-state index is 5.92. The topological polar surface area (TPSA) is 27.1 Å². The molecule has 2 aliphatic rings. The minimum Gasteiger partial charge on any atom is -0.375 e. The highest BCUT2D eigenvalue weighted by Crippen LogP contribution is 2.45. The van der Waals surface area contributed by atoms with Gasteiger partial charge in [0.05, 0.1) is 11.6 Å². The molecular weight excluding hydrogens is 303 g/mol. The van der Waals surface area contributed by atoms with Crippen molar-refractivity contribution in [1.82, 2.24) is 9.78 Å². The molecule has 2 heterocycles. The molecule has 1 aromatic rings. The molecule has 1 aliphatic carbocycles. The van der Waals surface area contributed by atoms with Crippen molar-refractivity contribution in [3.63, 3.8) is 0 Å². The predicted molar refractivity (Wildman–Crippen MR) is 65.7 cm³/mol. The lowest BCUT2D eigenvalue weighted by Gasteiger charge is -2.47. The van der Waals surface area contributed by atoms with Crippen molar-refractivity contribution in [3.8, 4) is 0 Å². The monoisotopic (exact) mass is 318 g/mol. The molecule has 1 saturated heterocycles. The van der Waals surface area contributed by atoms with Crippen LogP contribution in [-0.2, 0) is 4.74 Å². The Balaban J connectivity index is 1.76. The third kappa shape index (κ3) is 1.82. The van der Waals surface area contributed by atoms with Crippen LogP contribution in [-0.4, -0.2) is 22.0 Å². The maximum Gasteiger partial charge on any atom is 0.123 e. The predicted octanol–water partition coefficient (Wildman–Crippen LogP) is 2.76. The molecule has 3 rings (SSSR count). The van der Waals surface area contributed by atoms with Gasteiger partial charge in [-0.3, -0.25) is 4.68 Å². The first kappa shape index (κ1) is 10.1. The van der Waals surface area contributed by atoms with Crippen molar-refractivity contribution < 1.29 is 4.74 Å². The second-order valence-corrected chi connectivity index (χ2v) is 5.76. The fourth-order valence-electron chi connectivity index (χ4n) is 2.67. The van der Waals surface area contributed by atoms with E-state index in [2.05, 4.69) is 44.6 Å². The Labute approximate surface area is 103 Å². The van der Waals surface area contributed by atoms with Gasteiger partial charge in [0.2, 0.25) is 0 Å². The van der Waals surface area contributed by atoms with E-state index in [1.54, 1.807) is 0 Å². The molecule has 0 amide bonds. The van der Waals surface area contributed by atoms with Gasteiger partial charge in [-0.2, -0.15) is 5.10 Å². The van der Waals surface area contributed by atoms with Gasteiger partial charge in [-0.05, 0) is 60.8 Å². The Morgan fingerprint density at radius 1 is 1.53 bits per heavy atom. The number of hydrogen-bond acceptors (Lipinski definition) is 2. The summed E-state index contributed by atoms with van der Waals surface area (Å²) in [5.41, 5.74) is 0.223. The lowest BCUT2D eigenvalue weighted by molar-refractivity contribution is -0.141. The van der Waals surface area contributed by atoms with Gasteiger partial charge in [0, 0.05) is 12.8 Å². The normalized spacial score (nSPS) is 29.0. The van der Waals surface area contributed by atoms with Gasteiger partial charge in [-0.1, -0.05) is 0 Å². The molecule has 82 valence electrons. The molecule has 1 atom stereocenters. The standard InChI is InChI=1S/C11H15IN2O/c12-10-2-6-14(13-10)9-3-7-15-11(8-9)4-1-5-11/h2,6,9H,1,3-5,7-8H2. The summed E-state index contributed by atoms with van der Waals surface area (Å²) >= 11 is 2.27. The molecule has 3 nitrogen and oxygen atoms in total. The highest BCUT2D eigenvalue weighted by Gasteiger charge is 2.43. The van der Waals surface area contributed by atoms with Crippen LogP contribution in [0.4, 0.5) is 0 Å². The summed E-state index contributed by atoms with van der Waals surface area (Å²) in [5, 5.41) is 4.51. The van der Waals surface area contributed by atoms with Gasteiger partial charge in [0.15, 0.2) is 0 Å². The Morgan fingerprint density at radius 3 is 3.00 bits per heavy atom. The fraction of sp³-hybridized carbons (Fsp3) is 0.727. The van der Waals surface area contributed by atoms with Crippen molar-refractivity contribution in [2.45, 2.75) is 43.7 Å². The van der Waals surface area contributed by atoms with E-state index in [0.29, 0.717) is 6.04 Å². The zero-order chi connectivity index (χ0) is 10.3. The van der Waals surface area contributed by atoms with Gasteiger partial charge in [-0.25, -0.2) is 0 Å². The summed E-state index contributed by atoms with van der Waals surface area (Å²) in [7, 11) is 0. The molecule has 1 spiro atoms. The maximum absolute atomic E-state index is 5.92. The number of nitrogens with zero attached hydrogens (tertiary/aromatic N) is 2. The van der Waals surface area contributed by atoms with E-state index in [0.717, 1.165) is 23.1 Å². The zero-order valence-electron chi connectivity index (χ0n) is 8.66. The summed E-state index contributed by atoms with van der Waals surface area (Å²) in [6.07, 6.45) is 8.21. The first-order valence-corrected chi connectivity index (χ1v) is 6.70. The summed E-state index contributed by atoms with van der Waals surface area (Å²) in [5.74, 6) is 0. The van der Waals surface area contributed by atoms with Crippen LogP contribution in [0, 0.1) is 3.70 Å². The fourth-order valence-corrected chi connectivity index (χ4v) is 3.08. The number of halogens is 1. The van der Waals surface area contributed by atoms with Crippen LogP contribution in [0.3, 0.4) is 0 Å². The number of ether oxygens (including phenoxy) is 1. The molecule has 1 unspecified atom stereocenters. The molecule has 0 N–H and O–H groups in total. The molecule has 0 radical (unpaired) electrons. The van der Waals surface area contributed by atoms with Crippen molar-refractivity contribution in [2.75, 3.05) is 6.61 Å². The second kappa shape index (κ2) is 3.73. The van der Waals surface area contributed by atoms with Gasteiger partial charge in [-0.15, -0.1) is 0 Å². The summed E-state index contributed by atoms with van der Waals surface area (Å²) < 4.78 is 9.13. The Morgan fingerprint density at radius 2 is 2.40 bits per heavy atom. The molecule has 1 aromatic heterocycles. The molecule has 2 fully saturated rings. The second-order valence-electron chi connectivity index (χ2n) is 4.65. The van der Waals surface area contributed by atoms with Gasteiger partial charge < -0.3 is 4.74 Å². The van der Waals surface area contributed by atoms with E-state index >= 15 is 0 Å². The lowest BCUT2D eigenvalue weighted by Crippen LogP contribution is -2.46. The van der Waals surface area contributed by atoms with Crippen molar-refractivity contribution >= 4 is 22.6 Å². The van der Waals surface area contributed by atoms with Crippen molar-refractivity contribution in [2.24, 2.45) is 0 Å². The van der Waals surface area contributed by atoms with Gasteiger partial charge >= 0.3 is 0 Å². The third-order valence-corrected chi connectivity index (χ3v) is 4.26. The molecule has 1 aliphatic heterocycles. The SMILES string of the molecule is Ic1ccn(C2CCOC3(CCC3)C2)n1. The summed E-state index contributed by atoms with van der Waals surface area (Å²) in [6, 6.07) is 2.63. The summed E-state index contributed by atoms with van der Waals surface area (Å²) in [4.78, 5) is 0. The largest absolute Gasteiger partial charge is 0.375 e. The highest BCUT2D eigenvalue weighted by molar-refractivity contribution is 14.1.